The molecule has 0 bridgehead atoms. The van der Waals surface area contributed by atoms with Crippen LogP contribution in [0.25, 0.3) is 0 Å². The van der Waals surface area contributed by atoms with E-state index in [0.717, 1.165) is 5.56 Å². The van der Waals surface area contributed by atoms with Crippen molar-refractivity contribution in [2.75, 3.05) is 6.61 Å². The summed E-state index contributed by atoms with van der Waals surface area (Å²) < 4.78 is 6.65. The first-order valence-corrected chi connectivity index (χ1v) is 4.24. The lowest BCUT2D eigenvalue weighted by Gasteiger charge is -2.02. The fourth-order valence-corrected chi connectivity index (χ4v) is 1.02. The summed E-state index contributed by atoms with van der Waals surface area (Å²) in [6.45, 7) is 2.70. The van der Waals surface area contributed by atoms with Crippen molar-refractivity contribution in [2.45, 2.75) is 13.5 Å². The molecule has 0 radical (unpaired) electrons. The molecule has 1 amide bonds. The molecule has 0 saturated carbocycles. The summed E-state index contributed by atoms with van der Waals surface area (Å²) >= 11 is 0. The summed E-state index contributed by atoms with van der Waals surface area (Å²) in [5.74, 6) is 0. The molecule has 0 aromatic carbocycles. The minimum absolute atomic E-state index is 0.369. The number of hydrogen-bond donors (Lipinski definition) is 1. The van der Waals surface area contributed by atoms with E-state index >= 15 is 0 Å². The summed E-state index contributed by atoms with van der Waals surface area (Å²) in [6.07, 6.45) is 3.51. The smallest absolute Gasteiger partial charge is 0.407 e. The molecule has 1 N–H and O–H groups in total. The number of nitrogens with one attached hydrogen (secondary N) is 1. The number of amides is 1. The molecule has 4 heteroatoms. The number of nitrogens with zero attached hydrogens (tertiary/aromatic N) is 1. The minimum atomic E-state index is -0.369. The van der Waals surface area contributed by atoms with Crippen molar-refractivity contribution in [1.82, 2.24) is 9.88 Å². The van der Waals surface area contributed by atoms with Crippen LogP contribution in [-0.4, -0.2) is 17.3 Å². The largest absolute Gasteiger partial charge is 0.450 e. The Balaban J connectivity index is 2.30. The van der Waals surface area contributed by atoms with Crippen LogP contribution in [0.4, 0.5) is 4.79 Å². The van der Waals surface area contributed by atoms with E-state index < -0.39 is 0 Å². The normalized spacial score (nSPS) is 9.69. The lowest BCUT2D eigenvalue weighted by Crippen LogP contribution is -2.23. The maximum Gasteiger partial charge on any atom is 0.407 e. The summed E-state index contributed by atoms with van der Waals surface area (Å²) in [4.78, 5) is 10.9. The third kappa shape index (κ3) is 3.19. The maximum absolute atomic E-state index is 10.9. The van der Waals surface area contributed by atoms with Crippen LogP contribution in [0, 0.1) is 0 Å². The molecule has 0 atom stereocenters. The Morgan fingerprint density at radius 1 is 1.69 bits per heavy atom. The van der Waals surface area contributed by atoms with E-state index in [1.54, 1.807) is 6.92 Å². The van der Waals surface area contributed by atoms with E-state index in [1.807, 2.05) is 30.1 Å². The molecule has 0 saturated heterocycles. The SMILES string of the molecule is CCOC(=O)NCc1ccn(C)c1. The van der Waals surface area contributed by atoms with Crippen molar-refractivity contribution in [2.24, 2.45) is 7.05 Å². The first-order chi connectivity index (χ1) is 6.22. The van der Waals surface area contributed by atoms with Crippen molar-refractivity contribution in [3.05, 3.63) is 24.0 Å². The number of aromatic nitrogens is 1. The highest BCUT2D eigenvalue weighted by Gasteiger charge is 2.00. The summed E-state index contributed by atoms with van der Waals surface area (Å²) in [7, 11) is 1.94. The van der Waals surface area contributed by atoms with Crippen LogP contribution in [0.2, 0.25) is 0 Å². The van der Waals surface area contributed by atoms with Crippen molar-refractivity contribution >= 4 is 6.09 Å². The van der Waals surface area contributed by atoms with E-state index in [9.17, 15) is 4.79 Å². The van der Waals surface area contributed by atoms with Crippen LogP contribution in [0.1, 0.15) is 12.5 Å². The van der Waals surface area contributed by atoms with Crippen molar-refractivity contribution in [1.29, 1.82) is 0 Å². The quantitative estimate of drug-likeness (QED) is 0.765. The van der Waals surface area contributed by atoms with Crippen LogP contribution in [0.15, 0.2) is 18.5 Å². The Morgan fingerprint density at radius 2 is 2.46 bits per heavy atom. The van der Waals surface area contributed by atoms with Crippen molar-refractivity contribution in [3.63, 3.8) is 0 Å². The molecule has 1 aromatic heterocycles. The monoisotopic (exact) mass is 182 g/mol. The van der Waals surface area contributed by atoms with Gasteiger partial charge in [0.25, 0.3) is 0 Å². The van der Waals surface area contributed by atoms with Gasteiger partial charge in [-0.3, -0.25) is 0 Å². The van der Waals surface area contributed by atoms with Gasteiger partial charge in [0.05, 0.1) is 6.61 Å². The molecule has 72 valence electrons. The number of carbonyl (C=O) groups excluding carboxylic acids is 1. The van der Waals surface area contributed by atoms with E-state index in [1.165, 1.54) is 0 Å². The van der Waals surface area contributed by atoms with Crippen LogP contribution in [0.5, 0.6) is 0 Å². The zero-order valence-corrected chi connectivity index (χ0v) is 7.91. The van der Waals surface area contributed by atoms with Crippen LogP contribution in [-0.2, 0) is 18.3 Å². The van der Waals surface area contributed by atoms with Gasteiger partial charge in [-0.2, -0.15) is 0 Å². The van der Waals surface area contributed by atoms with Gasteiger partial charge < -0.3 is 14.6 Å². The predicted octanol–water partition coefficient (Wildman–Crippen LogP) is 1.27. The molecule has 1 heterocycles. The third-order valence-electron chi connectivity index (χ3n) is 1.61. The van der Waals surface area contributed by atoms with Gasteiger partial charge >= 0.3 is 6.09 Å². The highest BCUT2D eigenvalue weighted by Crippen LogP contribution is 1.98. The first-order valence-electron chi connectivity index (χ1n) is 4.24. The van der Waals surface area contributed by atoms with Gasteiger partial charge in [-0.15, -0.1) is 0 Å². The Bertz CT molecular complexity index is 281. The van der Waals surface area contributed by atoms with E-state index in [0.29, 0.717) is 13.2 Å². The molecular formula is C9H14N2O2. The second-order valence-electron chi connectivity index (χ2n) is 2.76. The summed E-state index contributed by atoms with van der Waals surface area (Å²) in [6, 6.07) is 1.95. The molecule has 4 nitrogen and oxygen atoms in total. The first kappa shape index (κ1) is 9.64. The van der Waals surface area contributed by atoms with E-state index in [4.69, 9.17) is 4.74 Å². The molecule has 1 rings (SSSR count). The molecule has 13 heavy (non-hydrogen) atoms. The summed E-state index contributed by atoms with van der Waals surface area (Å²) in [5.41, 5.74) is 1.07. The highest BCUT2D eigenvalue weighted by atomic mass is 16.5. The molecule has 0 fully saturated rings. The van der Waals surface area contributed by atoms with Gasteiger partial charge in [0.1, 0.15) is 0 Å². The number of carbonyl (C=O) groups is 1. The Morgan fingerprint density at radius 3 is 3.00 bits per heavy atom. The standard InChI is InChI=1S/C9H14N2O2/c1-3-13-9(12)10-6-8-4-5-11(2)7-8/h4-5,7H,3,6H2,1-2H3,(H,10,12). The fourth-order valence-electron chi connectivity index (χ4n) is 1.02. The number of rotatable bonds is 3. The van der Waals surface area contributed by atoms with Crippen LogP contribution < -0.4 is 5.32 Å². The molecular weight excluding hydrogens is 168 g/mol. The van der Waals surface area contributed by atoms with Gasteiger partial charge in [0.2, 0.25) is 0 Å². The third-order valence-corrected chi connectivity index (χ3v) is 1.61. The maximum atomic E-state index is 10.9. The molecule has 0 aliphatic rings. The Kier molecular flexibility index (Phi) is 3.37. The van der Waals surface area contributed by atoms with Crippen molar-refractivity contribution in [3.8, 4) is 0 Å². The second kappa shape index (κ2) is 4.54. The van der Waals surface area contributed by atoms with Crippen molar-refractivity contribution < 1.29 is 9.53 Å². The van der Waals surface area contributed by atoms with Crippen LogP contribution in [0.3, 0.4) is 0 Å². The molecule has 0 aliphatic carbocycles. The van der Waals surface area contributed by atoms with Gasteiger partial charge in [-0.05, 0) is 18.6 Å². The zero-order valence-electron chi connectivity index (χ0n) is 7.91. The second-order valence-corrected chi connectivity index (χ2v) is 2.76. The van der Waals surface area contributed by atoms with E-state index in [2.05, 4.69) is 5.32 Å². The summed E-state index contributed by atoms with van der Waals surface area (Å²) in [5, 5.41) is 2.64. The Labute approximate surface area is 77.5 Å². The molecule has 0 aliphatic heterocycles. The average molecular weight is 182 g/mol. The molecule has 0 unspecified atom stereocenters. The number of aryl methyl sites for hydroxylation is 1. The predicted molar refractivity (Wildman–Crippen MR) is 49.3 cm³/mol. The van der Waals surface area contributed by atoms with Gasteiger partial charge in [-0.25, -0.2) is 4.79 Å². The number of ether oxygens (including phenoxy) is 1. The van der Waals surface area contributed by atoms with Crippen LogP contribution >= 0.6 is 0 Å². The lowest BCUT2D eigenvalue weighted by atomic mass is 10.3. The van der Waals surface area contributed by atoms with Gasteiger partial charge in [0.15, 0.2) is 0 Å². The molecule has 0 spiro atoms. The van der Waals surface area contributed by atoms with Gasteiger partial charge in [0, 0.05) is 26.0 Å². The average Bonchev–Trinajstić information content (AvgIpc) is 2.49. The molecule has 1 aromatic rings. The Hall–Kier alpha value is -1.45. The zero-order chi connectivity index (χ0) is 9.68. The highest BCUT2D eigenvalue weighted by molar-refractivity contribution is 5.67. The van der Waals surface area contributed by atoms with Gasteiger partial charge in [-0.1, -0.05) is 0 Å². The number of alkyl carbamates (subject to hydrolysis) is 1. The topological polar surface area (TPSA) is 43.3 Å². The number of hydrogen-bond acceptors (Lipinski definition) is 2. The van der Waals surface area contributed by atoms with E-state index in [-0.39, 0.29) is 6.09 Å². The minimum Gasteiger partial charge on any atom is -0.450 e. The fraction of sp³-hybridized carbons (Fsp3) is 0.444. The lowest BCUT2D eigenvalue weighted by molar-refractivity contribution is 0.151.